The van der Waals surface area contributed by atoms with Gasteiger partial charge >= 0.3 is 148 Å². The fourth-order valence-electron chi connectivity index (χ4n) is 3.53. The van der Waals surface area contributed by atoms with E-state index in [1.165, 1.54) is 5.06 Å². The van der Waals surface area contributed by atoms with Gasteiger partial charge in [-0.05, 0) is 0 Å². The Balaban J connectivity index is 1.94. The second kappa shape index (κ2) is 6.81. The first kappa shape index (κ1) is 18.9. The number of carbonyl (C=O) groups excluding carboxylic acids is 1. The SMILES string of the molecule is CC1(C)CC(C(=O)N2CCN([I-]CC(=O)O)CC2)C(C)(C)N1O. The number of aliphatic carboxylic acids is 1. The van der Waals surface area contributed by atoms with Crippen LogP contribution in [-0.2, 0) is 9.59 Å². The molecule has 1 unspecified atom stereocenters. The normalized spacial score (nSPS) is 28.2. The van der Waals surface area contributed by atoms with Crippen molar-refractivity contribution in [2.75, 3.05) is 30.6 Å². The number of hydrogen-bond donors (Lipinski definition) is 2. The summed E-state index contributed by atoms with van der Waals surface area (Å²) in [7, 11) is 0. The summed E-state index contributed by atoms with van der Waals surface area (Å²) < 4.78 is 2.44. The third kappa shape index (κ3) is 3.97. The summed E-state index contributed by atoms with van der Waals surface area (Å²) in [4.78, 5) is 25.4. The molecule has 0 aromatic rings. The molecular weight excluding hydrogens is 413 g/mol. The summed E-state index contributed by atoms with van der Waals surface area (Å²) >= 11 is -0.482. The maximum atomic E-state index is 12.9. The van der Waals surface area contributed by atoms with Crippen molar-refractivity contribution in [2.24, 2.45) is 5.92 Å². The molecule has 2 aliphatic heterocycles. The van der Waals surface area contributed by atoms with Crippen molar-refractivity contribution >= 4 is 11.9 Å². The Labute approximate surface area is 148 Å². The summed E-state index contributed by atoms with van der Waals surface area (Å²) in [6, 6.07) is 0. The maximum absolute atomic E-state index is 12.9. The van der Waals surface area contributed by atoms with E-state index >= 15 is 0 Å². The summed E-state index contributed by atoms with van der Waals surface area (Å²) in [5.74, 6) is -0.854. The van der Waals surface area contributed by atoms with Crippen molar-refractivity contribution in [3.05, 3.63) is 0 Å². The molecule has 0 saturated carbocycles. The molecule has 134 valence electrons. The van der Waals surface area contributed by atoms with Crippen LogP contribution in [0.2, 0.25) is 0 Å². The average Bonchev–Trinajstić information content (AvgIpc) is 2.65. The van der Waals surface area contributed by atoms with Crippen LogP contribution in [0.25, 0.3) is 0 Å². The van der Waals surface area contributed by atoms with Crippen LogP contribution in [0, 0.1) is 5.92 Å². The van der Waals surface area contributed by atoms with Crippen LogP contribution >= 0.6 is 0 Å². The number of carboxylic acid groups (broad SMARTS) is 1. The van der Waals surface area contributed by atoms with Crippen LogP contribution in [-0.4, -0.2) is 77.0 Å². The Morgan fingerprint density at radius 2 is 1.70 bits per heavy atom. The standard InChI is InChI=1S/C15H27IN3O4/c1-14(2)9-11(15(3,4)19(14)23)13(22)17-5-7-18(8-6-17)16-10-12(20)21/h11,23H,5-10H2,1-4H3,(H,20,21)/q-1. The monoisotopic (exact) mass is 440 g/mol. The molecule has 2 aliphatic rings. The van der Waals surface area contributed by atoms with Crippen molar-refractivity contribution in [1.29, 1.82) is 0 Å². The van der Waals surface area contributed by atoms with E-state index in [-0.39, 0.29) is 16.3 Å². The number of halogens is 1. The minimum absolute atomic E-state index is 0.107. The van der Waals surface area contributed by atoms with Crippen LogP contribution in [0.15, 0.2) is 0 Å². The van der Waals surface area contributed by atoms with Crippen molar-refractivity contribution in [3.8, 4) is 0 Å². The Kier molecular flexibility index (Phi) is 5.59. The van der Waals surface area contributed by atoms with Gasteiger partial charge in [0, 0.05) is 0 Å². The fraction of sp³-hybridized carbons (Fsp3) is 0.867. The number of piperazine rings is 1. The van der Waals surface area contributed by atoms with Gasteiger partial charge in [-0.1, -0.05) is 0 Å². The number of carboxylic acids is 1. The van der Waals surface area contributed by atoms with E-state index < -0.39 is 38.5 Å². The van der Waals surface area contributed by atoms with Gasteiger partial charge in [0.15, 0.2) is 0 Å². The molecular formula is C15H27IN3O4-. The van der Waals surface area contributed by atoms with Crippen LogP contribution in [0.1, 0.15) is 34.1 Å². The van der Waals surface area contributed by atoms with E-state index in [1.54, 1.807) is 0 Å². The number of carbonyl (C=O) groups is 2. The predicted molar refractivity (Wildman–Crippen MR) is 80.5 cm³/mol. The Morgan fingerprint density at radius 3 is 2.13 bits per heavy atom. The van der Waals surface area contributed by atoms with E-state index in [4.69, 9.17) is 5.11 Å². The van der Waals surface area contributed by atoms with E-state index in [9.17, 15) is 14.8 Å². The number of hydrogen-bond acceptors (Lipinski definition) is 5. The van der Waals surface area contributed by atoms with Crippen molar-refractivity contribution in [1.82, 2.24) is 13.1 Å². The molecule has 2 N–H and O–H groups in total. The zero-order valence-corrected chi connectivity index (χ0v) is 16.4. The summed E-state index contributed by atoms with van der Waals surface area (Å²) in [5, 5.41) is 20.5. The van der Waals surface area contributed by atoms with Crippen molar-refractivity contribution in [2.45, 2.75) is 45.2 Å². The van der Waals surface area contributed by atoms with Gasteiger partial charge in [-0.3, -0.25) is 0 Å². The van der Waals surface area contributed by atoms with Gasteiger partial charge in [-0.25, -0.2) is 0 Å². The van der Waals surface area contributed by atoms with Crippen LogP contribution in [0.3, 0.4) is 0 Å². The molecule has 0 aromatic heterocycles. The van der Waals surface area contributed by atoms with E-state index in [0.29, 0.717) is 19.5 Å². The van der Waals surface area contributed by atoms with Gasteiger partial charge in [0.1, 0.15) is 0 Å². The first-order chi connectivity index (χ1) is 10.6. The van der Waals surface area contributed by atoms with Crippen LogP contribution in [0.4, 0.5) is 0 Å². The topological polar surface area (TPSA) is 84.3 Å². The van der Waals surface area contributed by atoms with Gasteiger partial charge < -0.3 is 0 Å². The molecule has 0 spiro atoms. The number of nitrogens with zero attached hydrogens (tertiary/aromatic N) is 3. The van der Waals surface area contributed by atoms with Crippen molar-refractivity contribution in [3.63, 3.8) is 0 Å². The summed E-state index contributed by atoms with van der Waals surface area (Å²) in [6.45, 7) is 10.6. The fourth-order valence-corrected chi connectivity index (χ4v) is 5.42. The zero-order valence-electron chi connectivity index (χ0n) is 14.3. The molecule has 8 heteroatoms. The molecule has 1 amide bonds. The minimum atomic E-state index is -0.741. The molecule has 0 bridgehead atoms. The molecule has 7 nitrogen and oxygen atoms in total. The summed E-state index contributed by atoms with van der Waals surface area (Å²) in [6.07, 6.45) is 0.640. The second-order valence-corrected chi connectivity index (χ2v) is 10.2. The third-order valence-electron chi connectivity index (χ3n) is 4.85. The van der Waals surface area contributed by atoms with Crippen molar-refractivity contribution < 1.29 is 41.4 Å². The van der Waals surface area contributed by atoms with Crippen LogP contribution < -0.4 is 21.5 Å². The summed E-state index contributed by atoms with van der Waals surface area (Å²) in [5.41, 5.74) is -0.980. The number of rotatable bonds is 4. The van der Waals surface area contributed by atoms with E-state index in [2.05, 4.69) is 3.11 Å². The second-order valence-electron chi connectivity index (χ2n) is 7.42. The van der Waals surface area contributed by atoms with Gasteiger partial charge in [-0.15, -0.1) is 0 Å². The Hall–Kier alpha value is -0.450. The van der Waals surface area contributed by atoms with E-state index in [1.807, 2.05) is 32.6 Å². The molecule has 23 heavy (non-hydrogen) atoms. The molecule has 2 rings (SSSR count). The number of alkyl halides is 1. The molecule has 0 radical (unpaired) electrons. The van der Waals surface area contributed by atoms with Gasteiger partial charge in [0.2, 0.25) is 0 Å². The number of amides is 1. The van der Waals surface area contributed by atoms with Gasteiger partial charge in [0.05, 0.1) is 0 Å². The predicted octanol–water partition coefficient (Wildman–Crippen LogP) is -2.51. The Morgan fingerprint density at radius 1 is 1.13 bits per heavy atom. The zero-order chi connectivity index (χ0) is 17.4. The first-order valence-electron chi connectivity index (χ1n) is 7.90. The third-order valence-corrected chi connectivity index (χ3v) is 7.78. The Bertz CT molecular complexity index is 475. The van der Waals surface area contributed by atoms with Gasteiger partial charge in [-0.2, -0.15) is 0 Å². The first-order valence-corrected chi connectivity index (χ1v) is 10.4. The molecule has 2 fully saturated rings. The average molecular weight is 440 g/mol. The van der Waals surface area contributed by atoms with E-state index in [0.717, 1.165) is 13.1 Å². The molecule has 2 heterocycles. The van der Waals surface area contributed by atoms with Gasteiger partial charge in [0.25, 0.3) is 0 Å². The molecule has 1 atom stereocenters. The van der Waals surface area contributed by atoms with Crippen LogP contribution in [0.5, 0.6) is 0 Å². The quantitative estimate of drug-likeness (QED) is 0.286. The number of hydroxylamine groups is 2. The molecule has 0 aliphatic carbocycles. The molecule has 2 saturated heterocycles. The molecule has 0 aromatic carbocycles.